The first-order valence-corrected chi connectivity index (χ1v) is 6.17. The van der Waals surface area contributed by atoms with Crippen molar-refractivity contribution in [1.29, 1.82) is 5.26 Å². The Kier molecular flexibility index (Phi) is 4.02. The van der Waals surface area contributed by atoms with Gasteiger partial charge in [-0.3, -0.25) is 0 Å². The van der Waals surface area contributed by atoms with Crippen molar-refractivity contribution in [2.24, 2.45) is 0 Å². The van der Waals surface area contributed by atoms with Crippen LogP contribution in [0, 0.1) is 24.1 Å². The van der Waals surface area contributed by atoms with E-state index in [2.05, 4.69) is 0 Å². The lowest BCUT2D eigenvalue weighted by molar-refractivity contribution is 0.195. The molecule has 0 aliphatic rings. The van der Waals surface area contributed by atoms with Crippen molar-refractivity contribution in [3.8, 4) is 17.6 Å². The molecule has 0 aromatic heterocycles. The van der Waals surface area contributed by atoms with E-state index in [1.54, 1.807) is 32.0 Å². The highest BCUT2D eigenvalue weighted by Crippen LogP contribution is 2.32. The van der Waals surface area contributed by atoms with Crippen molar-refractivity contribution in [2.75, 3.05) is 0 Å². The lowest BCUT2D eigenvalue weighted by atomic mass is 10.1. The number of nitriles is 1. The van der Waals surface area contributed by atoms with Crippen molar-refractivity contribution in [2.45, 2.75) is 20.0 Å². The van der Waals surface area contributed by atoms with Gasteiger partial charge in [0.15, 0.2) is 0 Å². The van der Waals surface area contributed by atoms with Crippen molar-refractivity contribution in [3.63, 3.8) is 0 Å². The first kappa shape index (κ1) is 14.0. The fourth-order valence-electron chi connectivity index (χ4n) is 1.84. The number of aliphatic hydroxyl groups excluding tert-OH is 1. The quantitative estimate of drug-likeness (QED) is 0.922. The molecular weight excluding hydrogens is 257 g/mol. The molecule has 2 rings (SSSR count). The minimum Gasteiger partial charge on any atom is -0.457 e. The molecule has 0 bridgehead atoms. The highest BCUT2D eigenvalue weighted by Gasteiger charge is 2.12. The first-order valence-electron chi connectivity index (χ1n) is 6.17. The maximum Gasteiger partial charge on any atom is 0.134 e. The fourth-order valence-corrected chi connectivity index (χ4v) is 1.84. The van der Waals surface area contributed by atoms with E-state index in [1.165, 1.54) is 18.2 Å². The summed E-state index contributed by atoms with van der Waals surface area (Å²) >= 11 is 0. The van der Waals surface area contributed by atoms with Crippen LogP contribution in [0.2, 0.25) is 0 Å². The van der Waals surface area contributed by atoms with Crippen LogP contribution in [0.1, 0.15) is 29.7 Å². The van der Waals surface area contributed by atoms with Gasteiger partial charge in [0.2, 0.25) is 0 Å². The van der Waals surface area contributed by atoms with E-state index in [1.807, 2.05) is 6.07 Å². The summed E-state index contributed by atoms with van der Waals surface area (Å²) < 4.78 is 18.9. The van der Waals surface area contributed by atoms with E-state index in [9.17, 15) is 9.50 Å². The second-order valence-electron chi connectivity index (χ2n) is 4.55. The van der Waals surface area contributed by atoms with E-state index in [4.69, 9.17) is 10.00 Å². The topological polar surface area (TPSA) is 53.2 Å². The van der Waals surface area contributed by atoms with Gasteiger partial charge in [-0.1, -0.05) is 12.1 Å². The van der Waals surface area contributed by atoms with Crippen molar-refractivity contribution in [3.05, 3.63) is 58.9 Å². The van der Waals surface area contributed by atoms with E-state index >= 15 is 0 Å². The van der Waals surface area contributed by atoms with Crippen LogP contribution < -0.4 is 4.74 Å². The standard InChI is InChI=1S/C16H14FNO2/c1-10-3-5-13(17)8-15(10)20-16-7-12(9-18)4-6-14(16)11(2)19/h3-8,11,19H,1-2H3/t11-/m1/s1. The number of ether oxygens (including phenoxy) is 1. The summed E-state index contributed by atoms with van der Waals surface area (Å²) in [7, 11) is 0. The molecule has 2 aromatic rings. The zero-order valence-electron chi connectivity index (χ0n) is 11.2. The average Bonchev–Trinajstić information content (AvgIpc) is 2.42. The number of nitrogens with zero attached hydrogens (tertiary/aromatic N) is 1. The Morgan fingerprint density at radius 1 is 1.20 bits per heavy atom. The molecule has 20 heavy (non-hydrogen) atoms. The van der Waals surface area contributed by atoms with Crippen molar-refractivity contribution >= 4 is 0 Å². The normalized spacial score (nSPS) is 11.8. The molecule has 0 saturated heterocycles. The number of hydrogen-bond donors (Lipinski definition) is 1. The third kappa shape index (κ3) is 2.95. The van der Waals surface area contributed by atoms with E-state index in [-0.39, 0.29) is 0 Å². The van der Waals surface area contributed by atoms with Gasteiger partial charge in [-0.15, -0.1) is 0 Å². The molecule has 0 radical (unpaired) electrons. The lowest BCUT2D eigenvalue weighted by Gasteiger charge is -2.15. The van der Waals surface area contributed by atoms with Gasteiger partial charge in [0.1, 0.15) is 17.3 Å². The minimum atomic E-state index is -0.744. The summed E-state index contributed by atoms with van der Waals surface area (Å²) in [4.78, 5) is 0. The molecule has 4 heteroatoms. The van der Waals surface area contributed by atoms with Crippen LogP contribution in [0.3, 0.4) is 0 Å². The third-order valence-corrected chi connectivity index (χ3v) is 2.96. The van der Waals surface area contributed by atoms with Crippen molar-refractivity contribution < 1.29 is 14.2 Å². The summed E-state index contributed by atoms with van der Waals surface area (Å²) in [5.74, 6) is 0.315. The fraction of sp³-hybridized carbons (Fsp3) is 0.188. The van der Waals surface area contributed by atoms with Gasteiger partial charge >= 0.3 is 0 Å². The number of aryl methyl sites for hydroxylation is 1. The maximum atomic E-state index is 13.3. The molecule has 0 saturated carbocycles. The molecule has 102 valence electrons. The molecule has 1 atom stereocenters. The monoisotopic (exact) mass is 271 g/mol. The Bertz CT molecular complexity index is 675. The summed E-state index contributed by atoms with van der Waals surface area (Å²) in [6.07, 6.45) is -0.744. The van der Waals surface area contributed by atoms with Crippen LogP contribution in [0.4, 0.5) is 4.39 Å². The SMILES string of the molecule is Cc1ccc(F)cc1Oc1cc(C#N)ccc1[C@@H](C)O. The van der Waals surface area contributed by atoms with Gasteiger partial charge in [0.25, 0.3) is 0 Å². The summed E-state index contributed by atoms with van der Waals surface area (Å²) in [6, 6.07) is 11.0. The Morgan fingerprint density at radius 2 is 1.95 bits per heavy atom. The molecular formula is C16H14FNO2. The molecule has 0 aliphatic heterocycles. The molecule has 0 fully saturated rings. The maximum absolute atomic E-state index is 13.3. The summed E-state index contributed by atoms with van der Waals surface area (Å²) in [5.41, 5.74) is 1.73. The molecule has 0 spiro atoms. The minimum absolute atomic E-state index is 0.354. The number of benzene rings is 2. The molecule has 0 heterocycles. The van der Waals surface area contributed by atoms with Crippen LogP contribution in [0.5, 0.6) is 11.5 Å². The number of halogens is 1. The second kappa shape index (κ2) is 5.72. The molecule has 1 N–H and O–H groups in total. The molecule has 2 aromatic carbocycles. The zero-order valence-corrected chi connectivity index (χ0v) is 11.2. The Labute approximate surface area is 116 Å². The zero-order chi connectivity index (χ0) is 14.7. The predicted octanol–water partition coefficient (Wildman–Crippen LogP) is 3.85. The van der Waals surface area contributed by atoms with Crippen LogP contribution in [-0.2, 0) is 0 Å². The highest BCUT2D eigenvalue weighted by molar-refractivity contribution is 5.46. The van der Waals surface area contributed by atoms with Crippen LogP contribution in [0.15, 0.2) is 36.4 Å². The van der Waals surface area contributed by atoms with Crippen LogP contribution in [0.25, 0.3) is 0 Å². The second-order valence-corrected chi connectivity index (χ2v) is 4.55. The predicted molar refractivity (Wildman–Crippen MR) is 73.0 cm³/mol. The molecule has 3 nitrogen and oxygen atoms in total. The van der Waals surface area contributed by atoms with Gasteiger partial charge in [-0.2, -0.15) is 5.26 Å². The van der Waals surface area contributed by atoms with Crippen LogP contribution in [-0.4, -0.2) is 5.11 Å². The Balaban J connectivity index is 2.46. The van der Waals surface area contributed by atoms with Gasteiger partial charge in [-0.25, -0.2) is 4.39 Å². The number of rotatable bonds is 3. The summed E-state index contributed by atoms with van der Waals surface area (Å²) in [6.45, 7) is 3.40. The Morgan fingerprint density at radius 3 is 2.60 bits per heavy atom. The van der Waals surface area contributed by atoms with E-state index < -0.39 is 11.9 Å². The van der Waals surface area contributed by atoms with E-state index in [0.717, 1.165) is 5.56 Å². The number of hydrogen-bond acceptors (Lipinski definition) is 3. The molecule has 0 unspecified atom stereocenters. The largest absolute Gasteiger partial charge is 0.457 e. The number of aliphatic hydroxyl groups is 1. The molecule has 0 amide bonds. The van der Waals surface area contributed by atoms with Gasteiger partial charge in [0.05, 0.1) is 17.7 Å². The third-order valence-electron chi connectivity index (χ3n) is 2.96. The van der Waals surface area contributed by atoms with Gasteiger partial charge in [0, 0.05) is 11.6 Å². The van der Waals surface area contributed by atoms with Gasteiger partial charge < -0.3 is 9.84 Å². The molecule has 0 aliphatic carbocycles. The smallest absolute Gasteiger partial charge is 0.134 e. The highest BCUT2D eigenvalue weighted by atomic mass is 19.1. The lowest BCUT2D eigenvalue weighted by Crippen LogP contribution is -1.98. The van der Waals surface area contributed by atoms with E-state index in [0.29, 0.717) is 22.6 Å². The summed E-state index contributed by atoms with van der Waals surface area (Å²) in [5, 5.41) is 18.7. The van der Waals surface area contributed by atoms with Gasteiger partial charge in [-0.05, 0) is 37.6 Å². The first-order chi connectivity index (χ1) is 9.51. The van der Waals surface area contributed by atoms with Crippen molar-refractivity contribution in [1.82, 2.24) is 0 Å². The Hall–Kier alpha value is -2.38. The average molecular weight is 271 g/mol. The van der Waals surface area contributed by atoms with Crippen LogP contribution >= 0.6 is 0 Å².